The van der Waals surface area contributed by atoms with Gasteiger partial charge in [0.15, 0.2) is 0 Å². The minimum Gasteiger partial charge on any atom is -0.491 e. The van der Waals surface area contributed by atoms with E-state index in [1.165, 1.54) is 20.3 Å². The smallest absolute Gasteiger partial charge is 0.330 e. The first-order valence-corrected chi connectivity index (χ1v) is 15.7. The number of aryl methyl sites for hydroxylation is 1. The van der Waals surface area contributed by atoms with Gasteiger partial charge in [0, 0.05) is 62.6 Å². The van der Waals surface area contributed by atoms with Crippen LogP contribution >= 0.6 is 23.2 Å². The molecule has 1 spiro atoms. The molecule has 2 fully saturated rings. The summed E-state index contributed by atoms with van der Waals surface area (Å²) in [5, 5.41) is 6.39. The van der Waals surface area contributed by atoms with Crippen molar-refractivity contribution in [1.29, 1.82) is 0 Å². The summed E-state index contributed by atoms with van der Waals surface area (Å²) in [4.78, 5) is 56.7. The summed E-state index contributed by atoms with van der Waals surface area (Å²) in [6.07, 6.45) is 2.58. The Bertz CT molecular complexity index is 2100. The number of benzene rings is 2. The van der Waals surface area contributed by atoms with Gasteiger partial charge in [-0.1, -0.05) is 53.5 Å². The highest BCUT2D eigenvalue weighted by molar-refractivity contribution is 6.39. The van der Waals surface area contributed by atoms with Crippen LogP contribution in [0.3, 0.4) is 0 Å². The zero-order valence-electron chi connectivity index (χ0n) is 25.7. The van der Waals surface area contributed by atoms with E-state index in [0.29, 0.717) is 52.1 Å². The lowest BCUT2D eigenvalue weighted by Crippen LogP contribution is -2.67. The maximum Gasteiger partial charge on any atom is 0.330 e. The van der Waals surface area contributed by atoms with Gasteiger partial charge >= 0.3 is 5.69 Å². The molecular weight excluding hydrogens is 647 g/mol. The molecule has 1 atom stereocenters. The van der Waals surface area contributed by atoms with E-state index in [2.05, 4.69) is 15.5 Å². The molecule has 0 aliphatic carbocycles. The van der Waals surface area contributed by atoms with Crippen molar-refractivity contribution in [2.24, 2.45) is 14.1 Å². The average Bonchev–Trinajstić information content (AvgIpc) is 3.65. The summed E-state index contributed by atoms with van der Waals surface area (Å²) >= 11 is 13.8. The summed E-state index contributed by atoms with van der Waals surface area (Å²) in [7, 11) is 4.33. The van der Waals surface area contributed by atoms with Crippen LogP contribution in [-0.2, 0) is 18.9 Å². The fourth-order valence-electron chi connectivity index (χ4n) is 6.66. The summed E-state index contributed by atoms with van der Waals surface area (Å²) in [6.45, 7) is 1.92. The lowest BCUT2D eigenvalue weighted by molar-refractivity contribution is -0.121. The van der Waals surface area contributed by atoms with Crippen molar-refractivity contribution in [3.8, 4) is 34.0 Å². The van der Waals surface area contributed by atoms with E-state index in [0.717, 1.165) is 34.2 Å². The van der Waals surface area contributed by atoms with Crippen LogP contribution in [0.15, 0.2) is 58.3 Å². The van der Waals surface area contributed by atoms with Crippen molar-refractivity contribution in [1.82, 2.24) is 24.3 Å². The highest BCUT2D eigenvalue weighted by atomic mass is 35.5. The molecule has 0 unspecified atom stereocenters. The van der Waals surface area contributed by atoms with E-state index >= 15 is 0 Å². The minimum atomic E-state index is -0.725. The number of anilines is 1. The number of amides is 2. The van der Waals surface area contributed by atoms with Crippen molar-refractivity contribution in [2.45, 2.75) is 24.4 Å². The Morgan fingerprint density at radius 2 is 1.77 bits per heavy atom. The van der Waals surface area contributed by atoms with Crippen LogP contribution in [0.25, 0.3) is 22.4 Å². The molecule has 0 bridgehead atoms. The number of pyridine rings is 1. The number of carbonyl (C=O) groups is 2. The van der Waals surface area contributed by atoms with Gasteiger partial charge < -0.3 is 24.7 Å². The number of halogens is 2. The van der Waals surface area contributed by atoms with E-state index in [9.17, 15) is 19.2 Å². The molecule has 4 aromatic rings. The first-order chi connectivity index (χ1) is 22.5. The largest absolute Gasteiger partial charge is 0.491 e. The maximum absolute atomic E-state index is 13.1. The monoisotopic (exact) mass is 676 g/mol. The molecule has 3 aliphatic heterocycles. The van der Waals surface area contributed by atoms with Crippen LogP contribution in [0.5, 0.6) is 11.6 Å². The number of carbonyl (C=O) groups excluding carboxylic acids is 2. The molecule has 12 nitrogen and oxygen atoms in total. The van der Waals surface area contributed by atoms with Gasteiger partial charge in [0.2, 0.25) is 11.8 Å². The summed E-state index contributed by atoms with van der Waals surface area (Å²) in [6, 6.07) is 12.3. The third-order valence-electron chi connectivity index (χ3n) is 9.10. The molecular formula is C33H30Cl2N6O6. The number of ether oxygens (including phenoxy) is 2. The van der Waals surface area contributed by atoms with E-state index in [-0.39, 0.29) is 33.8 Å². The van der Waals surface area contributed by atoms with Crippen molar-refractivity contribution in [3.05, 3.63) is 90.7 Å². The van der Waals surface area contributed by atoms with Gasteiger partial charge in [0.1, 0.15) is 17.9 Å². The van der Waals surface area contributed by atoms with Crippen LogP contribution in [0.4, 0.5) is 5.69 Å². The predicted octanol–water partition coefficient (Wildman–Crippen LogP) is 3.78. The summed E-state index contributed by atoms with van der Waals surface area (Å²) in [5.74, 6) is 0.475. The Morgan fingerprint density at radius 3 is 2.47 bits per heavy atom. The van der Waals surface area contributed by atoms with Crippen LogP contribution < -0.4 is 31.4 Å². The lowest BCUT2D eigenvalue weighted by atomic mass is 9.86. The van der Waals surface area contributed by atoms with Crippen LogP contribution in [0.2, 0.25) is 10.0 Å². The quantitative estimate of drug-likeness (QED) is 0.315. The number of rotatable bonds is 6. The molecule has 2 N–H and O–H groups in total. The summed E-state index contributed by atoms with van der Waals surface area (Å²) in [5.41, 5.74) is 1.77. The van der Waals surface area contributed by atoms with Crippen molar-refractivity contribution in [2.75, 3.05) is 32.1 Å². The Balaban J connectivity index is 1.18. The molecule has 2 aromatic carbocycles. The topological polar surface area (TPSA) is 137 Å². The molecule has 5 heterocycles. The van der Waals surface area contributed by atoms with Gasteiger partial charge in [-0.15, -0.1) is 0 Å². The highest BCUT2D eigenvalue weighted by Crippen LogP contribution is 2.48. The Morgan fingerprint density at radius 1 is 1.06 bits per heavy atom. The van der Waals surface area contributed by atoms with Gasteiger partial charge in [0.05, 0.1) is 45.7 Å². The Kier molecular flexibility index (Phi) is 7.61. The SMILES string of the molecule is COc1nc(-c2cccc(-c3cccc(NC(=O)c4cn(C)c(=O)n(C)c4=O)c3Cl)c2Cl)cc2c1[C@@H](N1CC3(CCC(=O)N3)C1)CO2. The normalized spacial score (nSPS) is 18.0. The van der Waals surface area contributed by atoms with Crippen molar-refractivity contribution < 1.29 is 19.1 Å². The molecule has 242 valence electrons. The number of aromatic nitrogens is 3. The first-order valence-electron chi connectivity index (χ1n) is 14.9. The standard InChI is InChI=1S/C33H30Cl2N6O6/c1-39-13-20(31(44)40(2)32(39)45)29(43)36-21-9-5-7-18(28(21)35)17-6-4-8-19(27(17)34)22-12-24-26(30(37-22)46-3)23(14-47-24)41-15-33(16-41)11-10-25(42)38-33/h4-9,12-13,23H,10-11,14-16H2,1-3H3,(H,36,43)(H,38,42)/t23-/m0/s1. The number of likely N-dealkylation sites (tertiary alicyclic amines) is 1. The van der Waals surface area contributed by atoms with Gasteiger partial charge in [0.25, 0.3) is 11.5 Å². The average molecular weight is 678 g/mol. The molecule has 0 radical (unpaired) electrons. The van der Waals surface area contributed by atoms with Gasteiger partial charge in [-0.25, -0.2) is 9.78 Å². The first kappa shape index (κ1) is 31.0. The number of fused-ring (bicyclic) bond motifs is 1. The van der Waals surface area contributed by atoms with E-state index < -0.39 is 17.2 Å². The predicted molar refractivity (Wildman–Crippen MR) is 176 cm³/mol. The molecule has 2 amide bonds. The van der Waals surface area contributed by atoms with Gasteiger partial charge in [-0.2, -0.15) is 0 Å². The second-order valence-electron chi connectivity index (χ2n) is 12.1. The van der Waals surface area contributed by atoms with Crippen molar-refractivity contribution >= 4 is 40.7 Å². The highest BCUT2D eigenvalue weighted by Gasteiger charge is 2.51. The van der Waals surface area contributed by atoms with Gasteiger partial charge in [-0.3, -0.25) is 23.9 Å². The number of hydrogen-bond acceptors (Lipinski definition) is 8. The number of hydrogen-bond donors (Lipinski definition) is 2. The second-order valence-corrected chi connectivity index (χ2v) is 12.8. The van der Waals surface area contributed by atoms with Crippen LogP contribution in [0, 0.1) is 0 Å². The third-order valence-corrected chi connectivity index (χ3v) is 9.91. The van der Waals surface area contributed by atoms with E-state index in [1.807, 2.05) is 18.2 Å². The summed E-state index contributed by atoms with van der Waals surface area (Å²) < 4.78 is 13.9. The second kappa shape index (κ2) is 11.5. The molecule has 47 heavy (non-hydrogen) atoms. The molecule has 2 saturated heterocycles. The molecule has 14 heteroatoms. The van der Waals surface area contributed by atoms with Crippen LogP contribution in [-0.4, -0.2) is 63.2 Å². The maximum atomic E-state index is 13.1. The Hall–Kier alpha value is -4.65. The third kappa shape index (κ3) is 5.16. The molecule has 0 saturated carbocycles. The Labute approximate surface area is 278 Å². The molecule has 3 aliphatic rings. The number of nitrogens with zero attached hydrogens (tertiary/aromatic N) is 4. The fraction of sp³-hybridized carbons (Fsp3) is 0.303. The zero-order chi connectivity index (χ0) is 33.2. The number of methoxy groups -OCH3 is 1. The fourth-order valence-corrected chi connectivity index (χ4v) is 7.26. The van der Waals surface area contributed by atoms with E-state index in [4.69, 9.17) is 37.7 Å². The van der Waals surface area contributed by atoms with E-state index in [1.54, 1.807) is 31.4 Å². The molecule has 7 rings (SSSR count). The minimum absolute atomic E-state index is 0.0517. The van der Waals surface area contributed by atoms with Gasteiger partial charge in [-0.05, 0) is 12.5 Å². The van der Waals surface area contributed by atoms with Crippen molar-refractivity contribution in [3.63, 3.8) is 0 Å². The van der Waals surface area contributed by atoms with Crippen LogP contribution in [0.1, 0.15) is 34.8 Å². The lowest BCUT2D eigenvalue weighted by Gasteiger charge is -2.50. The molecule has 2 aromatic heterocycles. The number of nitrogens with one attached hydrogen (secondary N) is 2. The zero-order valence-corrected chi connectivity index (χ0v) is 27.2.